The molecule has 156 valence electrons. The van der Waals surface area contributed by atoms with Crippen molar-refractivity contribution in [2.24, 2.45) is 7.05 Å². The van der Waals surface area contributed by atoms with Gasteiger partial charge in [-0.25, -0.2) is 19.3 Å². The molecule has 7 nitrogen and oxygen atoms in total. The van der Waals surface area contributed by atoms with Gasteiger partial charge in [0.05, 0.1) is 12.4 Å². The number of rotatable bonds is 5. The van der Waals surface area contributed by atoms with Gasteiger partial charge in [0.2, 0.25) is 5.91 Å². The molecule has 0 bridgehead atoms. The summed E-state index contributed by atoms with van der Waals surface area (Å²) in [6, 6.07) is 4.61. The molecule has 0 aliphatic carbocycles. The minimum Gasteiger partial charge on any atom is -0.366 e. The predicted molar refractivity (Wildman–Crippen MR) is 118 cm³/mol. The van der Waals surface area contributed by atoms with Gasteiger partial charge < -0.3 is 15.2 Å². The number of benzene rings is 1. The Labute approximate surface area is 177 Å². The Bertz CT molecular complexity index is 1260. The summed E-state index contributed by atoms with van der Waals surface area (Å²) in [6.45, 7) is 7.27. The van der Waals surface area contributed by atoms with E-state index in [0.29, 0.717) is 5.56 Å². The van der Waals surface area contributed by atoms with Gasteiger partial charge in [-0.2, -0.15) is 0 Å². The van der Waals surface area contributed by atoms with E-state index in [0.717, 1.165) is 37.8 Å². The van der Waals surface area contributed by atoms with Gasteiger partial charge in [-0.3, -0.25) is 4.79 Å². The maximum atomic E-state index is 14.4. The molecule has 3 heterocycles. The molecule has 30 heavy (non-hydrogen) atoms. The maximum Gasteiger partial charge on any atom is 0.217 e. The zero-order valence-corrected chi connectivity index (χ0v) is 18.3. The number of carbonyl (C=O) groups excluding carboxylic acids is 1. The standard InChI is InChI=1S/C21H23FN6OS/c1-10(2)24-19-16-18(28(5)9-23-16)17-21(27-19)30-20(26-17)13-6-7-15(22)14(8-13)11(3)25-12(4)29/h6-11H,1-5H3,(H,24,27)(H,25,29). The number of anilines is 1. The Kier molecular flexibility index (Phi) is 5.15. The van der Waals surface area contributed by atoms with E-state index in [9.17, 15) is 9.18 Å². The first kappa shape index (κ1) is 20.2. The number of hydrogen-bond acceptors (Lipinski definition) is 6. The van der Waals surface area contributed by atoms with Crippen molar-refractivity contribution in [1.29, 1.82) is 0 Å². The molecular weight excluding hydrogens is 403 g/mol. The topological polar surface area (TPSA) is 84.7 Å². The zero-order valence-electron chi connectivity index (χ0n) is 17.4. The highest BCUT2D eigenvalue weighted by atomic mass is 32.1. The van der Waals surface area contributed by atoms with Gasteiger partial charge in [0.25, 0.3) is 0 Å². The number of halogens is 1. The molecule has 0 fully saturated rings. The molecule has 0 radical (unpaired) electrons. The summed E-state index contributed by atoms with van der Waals surface area (Å²) >= 11 is 1.45. The molecule has 1 atom stereocenters. The SMILES string of the molecule is CC(=O)NC(C)c1cc(-c2nc3c(nc(NC(C)C)c4ncn(C)c43)s2)ccc1F. The second-order valence-corrected chi connectivity index (χ2v) is 8.62. The Hall–Kier alpha value is -3.07. The zero-order chi connectivity index (χ0) is 21.6. The van der Waals surface area contributed by atoms with E-state index in [1.807, 2.05) is 11.6 Å². The highest BCUT2D eigenvalue weighted by Gasteiger charge is 2.19. The van der Waals surface area contributed by atoms with Crippen LogP contribution in [0.15, 0.2) is 24.5 Å². The molecule has 0 aliphatic heterocycles. The quantitative estimate of drug-likeness (QED) is 0.494. The summed E-state index contributed by atoms with van der Waals surface area (Å²) in [5.41, 5.74) is 3.64. The molecule has 4 rings (SSSR count). The fourth-order valence-electron chi connectivity index (χ4n) is 3.47. The summed E-state index contributed by atoms with van der Waals surface area (Å²) < 4.78 is 16.3. The number of hydrogen-bond donors (Lipinski definition) is 2. The predicted octanol–water partition coefficient (Wildman–Crippen LogP) is 4.40. The number of amides is 1. The van der Waals surface area contributed by atoms with Gasteiger partial charge in [-0.15, -0.1) is 0 Å². The van der Waals surface area contributed by atoms with Crippen molar-refractivity contribution in [2.45, 2.75) is 39.8 Å². The highest BCUT2D eigenvalue weighted by molar-refractivity contribution is 7.21. The average molecular weight is 427 g/mol. The average Bonchev–Trinajstić information content (AvgIpc) is 3.25. The lowest BCUT2D eigenvalue weighted by molar-refractivity contribution is -0.119. The lowest BCUT2D eigenvalue weighted by Gasteiger charge is -2.14. The second kappa shape index (κ2) is 7.64. The number of fused-ring (bicyclic) bond motifs is 3. The van der Waals surface area contributed by atoms with Crippen LogP contribution in [0.5, 0.6) is 0 Å². The van der Waals surface area contributed by atoms with Crippen molar-refractivity contribution >= 4 is 44.4 Å². The van der Waals surface area contributed by atoms with Crippen molar-refractivity contribution in [3.63, 3.8) is 0 Å². The molecule has 4 aromatic rings. The molecule has 0 saturated carbocycles. The van der Waals surface area contributed by atoms with Crippen molar-refractivity contribution < 1.29 is 9.18 Å². The molecule has 3 aromatic heterocycles. The first-order chi connectivity index (χ1) is 14.2. The van der Waals surface area contributed by atoms with Crippen LogP contribution in [0.25, 0.3) is 32.0 Å². The van der Waals surface area contributed by atoms with Crippen LogP contribution >= 0.6 is 11.3 Å². The van der Waals surface area contributed by atoms with Gasteiger partial charge in [-0.1, -0.05) is 11.3 Å². The monoisotopic (exact) mass is 426 g/mol. The van der Waals surface area contributed by atoms with Gasteiger partial charge in [-0.05, 0) is 39.0 Å². The molecule has 1 unspecified atom stereocenters. The van der Waals surface area contributed by atoms with Crippen molar-refractivity contribution in [3.8, 4) is 10.6 Å². The highest BCUT2D eigenvalue weighted by Crippen LogP contribution is 2.36. The van der Waals surface area contributed by atoms with Gasteiger partial charge in [0.15, 0.2) is 5.82 Å². The molecule has 0 aliphatic rings. The molecule has 2 N–H and O–H groups in total. The minimum absolute atomic E-state index is 0.208. The van der Waals surface area contributed by atoms with E-state index >= 15 is 0 Å². The number of carbonyl (C=O) groups is 1. The van der Waals surface area contributed by atoms with E-state index < -0.39 is 6.04 Å². The minimum atomic E-state index is -0.444. The van der Waals surface area contributed by atoms with Crippen LogP contribution in [0.2, 0.25) is 0 Å². The van der Waals surface area contributed by atoms with E-state index in [2.05, 4.69) is 29.5 Å². The first-order valence-corrected chi connectivity index (χ1v) is 10.5. The number of pyridine rings is 1. The fraction of sp³-hybridized carbons (Fsp3) is 0.333. The Morgan fingerprint density at radius 1 is 1.20 bits per heavy atom. The van der Waals surface area contributed by atoms with Crippen LogP contribution in [0.4, 0.5) is 10.2 Å². The van der Waals surface area contributed by atoms with E-state index in [-0.39, 0.29) is 17.8 Å². The third kappa shape index (κ3) is 3.60. The smallest absolute Gasteiger partial charge is 0.217 e. The van der Waals surface area contributed by atoms with Crippen LogP contribution in [0.1, 0.15) is 39.3 Å². The van der Waals surface area contributed by atoms with Gasteiger partial charge >= 0.3 is 0 Å². The van der Waals surface area contributed by atoms with Crippen molar-refractivity contribution in [1.82, 2.24) is 24.8 Å². The Morgan fingerprint density at radius 2 is 1.97 bits per heavy atom. The van der Waals surface area contributed by atoms with Crippen LogP contribution < -0.4 is 10.6 Å². The number of aryl methyl sites for hydroxylation is 1. The molecule has 1 aromatic carbocycles. The van der Waals surface area contributed by atoms with Gasteiger partial charge in [0, 0.05) is 31.1 Å². The van der Waals surface area contributed by atoms with E-state index in [1.165, 1.54) is 24.3 Å². The number of nitrogens with zero attached hydrogens (tertiary/aromatic N) is 4. The van der Waals surface area contributed by atoms with E-state index in [1.54, 1.807) is 25.4 Å². The maximum absolute atomic E-state index is 14.4. The number of thiazole rings is 1. The summed E-state index contributed by atoms with van der Waals surface area (Å²) in [5.74, 6) is 0.152. The van der Waals surface area contributed by atoms with Crippen LogP contribution in [0.3, 0.4) is 0 Å². The first-order valence-electron chi connectivity index (χ1n) is 9.69. The summed E-state index contributed by atoms with van der Waals surface area (Å²) in [5, 5.41) is 6.82. The summed E-state index contributed by atoms with van der Waals surface area (Å²) in [4.78, 5) is 26.2. The third-order valence-electron chi connectivity index (χ3n) is 4.76. The van der Waals surface area contributed by atoms with Crippen molar-refractivity contribution in [2.75, 3.05) is 5.32 Å². The summed E-state index contributed by atoms with van der Waals surface area (Å²) in [6.07, 6.45) is 1.75. The molecule has 1 amide bonds. The molecular formula is C21H23FN6OS. The number of nitrogens with one attached hydrogen (secondary N) is 2. The molecule has 0 spiro atoms. The lowest BCUT2D eigenvalue weighted by Crippen LogP contribution is -2.24. The van der Waals surface area contributed by atoms with Crippen LogP contribution in [-0.2, 0) is 11.8 Å². The lowest BCUT2D eigenvalue weighted by atomic mass is 10.0. The second-order valence-electron chi connectivity index (χ2n) is 7.64. The largest absolute Gasteiger partial charge is 0.366 e. The third-order valence-corrected chi connectivity index (χ3v) is 5.76. The van der Waals surface area contributed by atoms with Crippen LogP contribution in [0, 0.1) is 5.82 Å². The van der Waals surface area contributed by atoms with Gasteiger partial charge in [0.1, 0.15) is 32.2 Å². The summed E-state index contributed by atoms with van der Waals surface area (Å²) in [7, 11) is 1.93. The Balaban J connectivity index is 1.86. The number of imidazole rings is 1. The Morgan fingerprint density at radius 3 is 2.67 bits per heavy atom. The molecule has 0 saturated heterocycles. The number of aromatic nitrogens is 4. The van der Waals surface area contributed by atoms with Crippen molar-refractivity contribution in [3.05, 3.63) is 35.9 Å². The fourth-order valence-corrected chi connectivity index (χ4v) is 4.41. The van der Waals surface area contributed by atoms with E-state index in [4.69, 9.17) is 9.97 Å². The molecule has 9 heteroatoms. The van der Waals surface area contributed by atoms with Crippen LogP contribution in [-0.4, -0.2) is 31.5 Å². The normalized spacial score (nSPS) is 12.6.